The van der Waals surface area contributed by atoms with E-state index >= 15 is 0 Å². The number of nitrogens with zero attached hydrogens (tertiary/aromatic N) is 1. The van der Waals surface area contributed by atoms with E-state index in [-0.39, 0.29) is 12.0 Å². The summed E-state index contributed by atoms with van der Waals surface area (Å²) in [6.07, 6.45) is 11.7. The number of carbonyl (C=O) groups is 1. The Morgan fingerprint density at radius 1 is 1.30 bits per heavy atom. The highest BCUT2D eigenvalue weighted by Crippen LogP contribution is 2.49. The lowest BCUT2D eigenvalue weighted by Gasteiger charge is -2.38. The fourth-order valence-corrected chi connectivity index (χ4v) is 5.87. The molecule has 5 nitrogen and oxygen atoms in total. The molecular weight excluding hydrogens is 342 g/mol. The summed E-state index contributed by atoms with van der Waals surface area (Å²) in [5.41, 5.74) is 0. The van der Waals surface area contributed by atoms with Crippen LogP contribution in [0.15, 0.2) is 12.2 Å². The number of rotatable bonds is 8. The Kier molecular flexibility index (Phi) is 6.98. The van der Waals surface area contributed by atoms with E-state index in [2.05, 4.69) is 18.7 Å². The van der Waals surface area contributed by atoms with Gasteiger partial charge in [-0.25, -0.2) is 0 Å². The Balaban J connectivity index is 1.62. The van der Waals surface area contributed by atoms with E-state index in [1.807, 2.05) is 12.2 Å². The van der Waals surface area contributed by atoms with Gasteiger partial charge in [-0.2, -0.15) is 0 Å². The van der Waals surface area contributed by atoms with Crippen molar-refractivity contribution in [3.05, 3.63) is 12.2 Å². The number of carboxylic acid groups (broad SMARTS) is 1. The predicted octanol–water partition coefficient (Wildman–Crippen LogP) is 3.20. The summed E-state index contributed by atoms with van der Waals surface area (Å²) in [6, 6.07) is 0.123. The van der Waals surface area contributed by atoms with Crippen molar-refractivity contribution in [3.63, 3.8) is 0 Å². The first kappa shape index (κ1) is 20.8. The summed E-state index contributed by atoms with van der Waals surface area (Å²) in [6.45, 7) is 4.37. The minimum atomic E-state index is -0.717. The van der Waals surface area contributed by atoms with Crippen molar-refractivity contribution in [3.8, 4) is 0 Å². The highest BCUT2D eigenvalue weighted by molar-refractivity contribution is 5.73. The third-order valence-electron chi connectivity index (χ3n) is 7.17. The zero-order valence-electron chi connectivity index (χ0n) is 16.8. The molecule has 0 aromatic rings. The van der Waals surface area contributed by atoms with Crippen LogP contribution in [0.3, 0.4) is 0 Å². The van der Waals surface area contributed by atoms with E-state index in [1.165, 1.54) is 12.8 Å². The number of aliphatic carboxylic acids is 1. The number of carboxylic acids is 1. The zero-order chi connectivity index (χ0) is 19.6. The maximum absolute atomic E-state index is 11.7. The van der Waals surface area contributed by atoms with Crippen molar-refractivity contribution in [1.82, 2.24) is 4.90 Å². The topological polar surface area (TPSA) is 81.0 Å². The third-order valence-corrected chi connectivity index (χ3v) is 7.17. The molecule has 1 aliphatic carbocycles. The van der Waals surface area contributed by atoms with Gasteiger partial charge in [-0.15, -0.1) is 0 Å². The van der Waals surface area contributed by atoms with Crippen LogP contribution in [-0.4, -0.2) is 56.5 Å². The predicted molar refractivity (Wildman–Crippen MR) is 105 cm³/mol. The third kappa shape index (κ3) is 4.57. The van der Waals surface area contributed by atoms with E-state index in [4.69, 9.17) is 0 Å². The van der Waals surface area contributed by atoms with Gasteiger partial charge in [-0.1, -0.05) is 45.3 Å². The second kappa shape index (κ2) is 9.06. The minimum Gasteiger partial charge on any atom is -0.480 e. The van der Waals surface area contributed by atoms with Gasteiger partial charge in [-0.3, -0.25) is 9.69 Å². The maximum Gasteiger partial charge on any atom is 0.320 e. The van der Waals surface area contributed by atoms with E-state index < -0.39 is 24.2 Å². The van der Waals surface area contributed by atoms with Gasteiger partial charge in [0.05, 0.1) is 12.2 Å². The number of aliphatic hydroxyl groups is 2. The van der Waals surface area contributed by atoms with Crippen molar-refractivity contribution < 1.29 is 20.1 Å². The number of aliphatic hydroxyl groups excluding tert-OH is 2. The second-order valence-electron chi connectivity index (χ2n) is 9.17. The van der Waals surface area contributed by atoms with E-state index in [9.17, 15) is 20.1 Å². The van der Waals surface area contributed by atoms with E-state index in [1.54, 1.807) is 0 Å². The number of piperidine rings is 1. The van der Waals surface area contributed by atoms with Crippen LogP contribution in [0.25, 0.3) is 0 Å². The van der Waals surface area contributed by atoms with Crippen molar-refractivity contribution in [1.29, 1.82) is 0 Å². The molecule has 3 N–H and O–H groups in total. The highest BCUT2D eigenvalue weighted by Gasteiger charge is 2.54. The van der Waals surface area contributed by atoms with Crippen LogP contribution in [0.5, 0.6) is 0 Å². The maximum atomic E-state index is 11.7. The molecule has 3 fully saturated rings. The van der Waals surface area contributed by atoms with Gasteiger partial charge >= 0.3 is 5.97 Å². The Hall–Kier alpha value is -0.910. The SMILES string of the molecule is CCCC[C@H](C)C[C@@H](O)/C=C/[C@@H]1[C@H]2CC3CCCC(C(=O)O)N3[C@@H]2C[C@H]1O. The minimum absolute atomic E-state index is 0.0376. The molecule has 2 heterocycles. The van der Waals surface area contributed by atoms with Crippen molar-refractivity contribution in [2.75, 3.05) is 0 Å². The normalized spacial score (nSPS) is 38.7. The van der Waals surface area contributed by atoms with Crippen LogP contribution >= 0.6 is 0 Å². The van der Waals surface area contributed by atoms with Crippen molar-refractivity contribution >= 4 is 5.97 Å². The molecule has 5 heteroatoms. The molecule has 0 bridgehead atoms. The standard InChI is InChI=1S/C22H37NO4/c1-3-4-6-14(2)11-16(24)9-10-17-18-12-15-7-5-8-19(22(26)27)23(15)20(18)13-21(17)25/h9-10,14-21,24-25H,3-8,11-13H2,1-2H3,(H,26,27)/b10-9+/t14-,15?,16-,17+,18+,19?,20+,21+/m0/s1. The summed E-state index contributed by atoms with van der Waals surface area (Å²) in [4.78, 5) is 13.9. The molecule has 8 atom stereocenters. The number of hydrogen-bond acceptors (Lipinski definition) is 4. The smallest absolute Gasteiger partial charge is 0.320 e. The van der Waals surface area contributed by atoms with Crippen LogP contribution in [0.1, 0.15) is 71.6 Å². The molecule has 0 amide bonds. The van der Waals surface area contributed by atoms with Gasteiger partial charge < -0.3 is 15.3 Å². The summed E-state index contributed by atoms with van der Waals surface area (Å²) in [7, 11) is 0. The average Bonchev–Trinajstić information content (AvgIpc) is 3.12. The molecule has 0 radical (unpaired) electrons. The lowest BCUT2D eigenvalue weighted by Crippen LogP contribution is -2.51. The molecule has 2 saturated heterocycles. The fourth-order valence-electron chi connectivity index (χ4n) is 5.87. The largest absolute Gasteiger partial charge is 0.480 e. The van der Waals surface area contributed by atoms with Crippen molar-refractivity contribution in [2.45, 2.75) is 102 Å². The summed E-state index contributed by atoms with van der Waals surface area (Å²) in [5.74, 6) is 0.134. The second-order valence-corrected chi connectivity index (χ2v) is 9.17. The Labute approximate surface area is 163 Å². The summed E-state index contributed by atoms with van der Waals surface area (Å²) >= 11 is 0. The van der Waals surface area contributed by atoms with Crippen LogP contribution in [-0.2, 0) is 4.79 Å². The lowest BCUT2D eigenvalue weighted by atomic mass is 9.88. The van der Waals surface area contributed by atoms with Gasteiger partial charge in [0.2, 0.25) is 0 Å². The van der Waals surface area contributed by atoms with Gasteiger partial charge in [0, 0.05) is 18.0 Å². The van der Waals surface area contributed by atoms with Gasteiger partial charge in [0.15, 0.2) is 0 Å². The van der Waals surface area contributed by atoms with Crippen molar-refractivity contribution in [2.24, 2.45) is 17.8 Å². The molecule has 0 aromatic heterocycles. The Morgan fingerprint density at radius 3 is 2.78 bits per heavy atom. The molecular formula is C22H37NO4. The Bertz CT molecular complexity index is 536. The van der Waals surface area contributed by atoms with Crippen LogP contribution in [0, 0.1) is 17.8 Å². The van der Waals surface area contributed by atoms with Gasteiger partial charge in [0.25, 0.3) is 0 Å². The average molecular weight is 380 g/mol. The van der Waals surface area contributed by atoms with Gasteiger partial charge in [0.1, 0.15) is 6.04 Å². The van der Waals surface area contributed by atoms with Crippen LogP contribution in [0.2, 0.25) is 0 Å². The van der Waals surface area contributed by atoms with Crippen LogP contribution < -0.4 is 0 Å². The summed E-state index contributed by atoms with van der Waals surface area (Å²) in [5, 5.41) is 30.6. The first-order chi connectivity index (χ1) is 12.9. The van der Waals surface area contributed by atoms with Crippen LogP contribution in [0.4, 0.5) is 0 Å². The van der Waals surface area contributed by atoms with Gasteiger partial charge in [-0.05, 0) is 50.4 Å². The zero-order valence-corrected chi connectivity index (χ0v) is 16.8. The number of fused-ring (bicyclic) bond motifs is 3. The molecule has 3 aliphatic rings. The Morgan fingerprint density at radius 2 is 2.07 bits per heavy atom. The molecule has 2 unspecified atom stereocenters. The molecule has 0 aromatic carbocycles. The number of hydrogen-bond donors (Lipinski definition) is 3. The monoisotopic (exact) mass is 379 g/mol. The molecule has 1 saturated carbocycles. The quantitative estimate of drug-likeness (QED) is 0.564. The molecule has 2 aliphatic heterocycles. The fraction of sp³-hybridized carbons (Fsp3) is 0.864. The first-order valence-electron chi connectivity index (χ1n) is 11.0. The summed E-state index contributed by atoms with van der Waals surface area (Å²) < 4.78 is 0. The molecule has 3 rings (SSSR count). The van der Waals surface area contributed by atoms with E-state index in [0.717, 1.165) is 38.5 Å². The highest BCUT2D eigenvalue weighted by atomic mass is 16.4. The number of unbranched alkanes of at least 4 members (excludes halogenated alkanes) is 1. The first-order valence-corrected chi connectivity index (χ1v) is 11.0. The lowest BCUT2D eigenvalue weighted by molar-refractivity contribution is -0.146. The molecule has 154 valence electrons. The molecule has 0 spiro atoms. The molecule has 27 heavy (non-hydrogen) atoms. The van der Waals surface area contributed by atoms with E-state index in [0.29, 0.717) is 24.3 Å².